The number of sulfonamides is 1. The Bertz CT molecular complexity index is 780. The van der Waals surface area contributed by atoms with E-state index in [1.165, 1.54) is 12.1 Å². The zero-order chi connectivity index (χ0) is 15.6. The van der Waals surface area contributed by atoms with Crippen LogP contribution in [0.15, 0.2) is 42.5 Å². The van der Waals surface area contributed by atoms with Gasteiger partial charge in [0.25, 0.3) is 0 Å². The lowest BCUT2D eigenvalue weighted by Crippen LogP contribution is -2.10. The molecule has 0 aliphatic rings. The van der Waals surface area contributed by atoms with Crippen LogP contribution in [0.5, 0.6) is 0 Å². The molecule has 2 rings (SSSR count). The van der Waals surface area contributed by atoms with Crippen LogP contribution in [-0.4, -0.2) is 25.7 Å². The first kappa shape index (κ1) is 15.1. The molecular formula is C15H15NO4S. The molecule has 0 amide bonds. The summed E-state index contributed by atoms with van der Waals surface area (Å²) in [6, 6.07) is 11.7. The average molecular weight is 305 g/mol. The Hall–Kier alpha value is -2.34. The summed E-state index contributed by atoms with van der Waals surface area (Å²) in [5.74, 6) is -0.981. The maximum absolute atomic E-state index is 11.3. The number of nitrogens with one attached hydrogen (secondary N) is 1. The van der Waals surface area contributed by atoms with Crippen molar-refractivity contribution in [1.29, 1.82) is 0 Å². The van der Waals surface area contributed by atoms with Gasteiger partial charge in [0.15, 0.2) is 0 Å². The standard InChI is InChI=1S/C15H15NO4S/c1-10-13(4-3-5-14(10)16-21(2,19)20)11-6-8-12(9-7-11)15(17)18/h3-9,16H,1-2H3,(H,17,18). The number of hydrogen-bond donors (Lipinski definition) is 2. The fourth-order valence-corrected chi connectivity index (χ4v) is 2.67. The fourth-order valence-electron chi connectivity index (χ4n) is 2.05. The molecule has 0 saturated heterocycles. The number of anilines is 1. The van der Waals surface area contributed by atoms with Gasteiger partial charge in [0.1, 0.15) is 0 Å². The smallest absolute Gasteiger partial charge is 0.335 e. The molecule has 0 spiro atoms. The van der Waals surface area contributed by atoms with Crippen LogP contribution in [0.2, 0.25) is 0 Å². The van der Waals surface area contributed by atoms with Gasteiger partial charge >= 0.3 is 5.97 Å². The highest BCUT2D eigenvalue weighted by Gasteiger charge is 2.10. The van der Waals surface area contributed by atoms with Crippen LogP contribution in [0.3, 0.4) is 0 Å². The number of benzene rings is 2. The van der Waals surface area contributed by atoms with E-state index in [0.29, 0.717) is 5.69 Å². The highest BCUT2D eigenvalue weighted by atomic mass is 32.2. The van der Waals surface area contributed by atoms with Gasteiger partial charge in [-0.1, -0.05) is 24.3 Å². The van der Waals surface area contributed by atoms with E-state index < -0.39 is 16.0 Å². The third-order valence-corrected chi connectivity index (χ3v) is 3.66. The Labute approximate surface area is 123 Å². The molecule has 2 aromatic rings. The number of carbonyl (C=O) groups is 1. The molecule has 0 saturated carbocycles. The van der Waals surface area contributed by atoms with E-state index in [4.69, 9.17) is 5.11 Å². The monoisotopic (exact) mass is 305 g/mol. The molecule has 110 valence electrons. The lowest BCUT2D eigenvalue weighted by molar-refractivity contribution is 0.0697. The zero-order valence-electron chi connectivity index (χ0n) is 11.6. The van der Waals surface area contributed by atoms with Gasteiger partial charge in [0.05, 0.1) is 17.5 Å². The summed E-state index contributed by atoms with van der Waals surface area (Å²) in [7, 11) is -3.34. The minimum atomic E-state index is -3.34. The van der Waals surface area contributed by atoms with Crippen molar-refractivity contribution in [3.05, 3.63) is 53.6 Å². The van der Waals surface area contributed by atoms with Crippen molar-refractivity contribution in [2.75, 3.05) is 11.0 Å². The van der Waals surface area contributed by atoms with Crippen molar-refractivity contribution in [1.82, 2.24) is 0 Å². The predicted octanol–water partition coefficient (Wildman–Crippen LogP) is 2.73. The maximum Gasteiger partial charge on any atom is 0.335 e. The van der Waals surface area contributed by atoms with Crippen molar-refractivity contribution >= 4 is 21.7 Å². The van der Waals surface area contributed by atoms with Crippen molar-refractivity contribution in [3.63, 3.8) is 0 Å². The largest absolute Gasteiger partial charge is 0.478 e. The highest BCUT2D eigenvalue weighted by Crippen LogP contribution is 2.29. The Kier molecular flexibility index (Phi) is 3.99. The lowest BCUT2D eigenvalue weighted by Gasteiger charge is -2.12. The third kappa shape index (κ3) is 3.61. The number of hydrogen-bond acceptors (Lipinski definition) is 3. The van der Waals surface area contributed by atoms with Crippen molar-refractivity contribution in [2.45, 2.75) is 6.92 Å². The average Bonchev–Trinajstić information content (AvgIpc) is 2.40. The van der Waals surface area contributed by atoms with Crippen LogP contribution in [0.4, 0.5) is 5.69 Å². The summed E-state index contributed by atoms with van der Waals surface area (Å²) in [6.07, 6.45) is 1.10. The van der Waals surface area contributed by atoms with Gasteiger partial charge < -0.3 is 5.11 Å². The van der Waals surface area contributed by atoms with Crippen molar-refractivity contribution in [3.8, 4) is 11.1 Å². The SMILES string of the molecule is Cc1c(NS(C)(=O)=O)cccc1-c1ccc(C(=O)O)cc1. The molecule has 0 heterocycles. The van der Waals surface area contributed by atoms with Crippen LogP contribution < -0.4 is 4.72 Å². The second-order valence-corrected chi connectivity index (χ2v) is 6.48. The van der Waals surface area contributed by atoms with Gasteiger partial charge in [0, 0.05) is 0 Å². The topological polar surface area (TPSA) is 83.5 Å². The van der Waals surface area contributed by atoms with Crippen molar-refractivity contribution in [2.24, 2.45) is 0 Å². The zero-order valence-corrected chi connectivity index (χ0v) is 12.4. The molecule has 0 aliphatic heterocycles. The van der Waals surface area contributed by atoms with Crippen LogP contribution in [-0.2, 0) is 10.0 Å². The van der Waals surface area contributed by atoms with E-state index in [-0.39, 0.29) is 5.56 Å². The van der Waals surface area contributed by atoms with Gasteiger partial charge in [-0.05, 0) is 41.8 Å². The summed E-state index contributed by atoms with van der Waals surface area (Å²) >= 11 is 0. The molecule has 0 unspecified atom stereocenters. The van der Waals surface area contributed by atoms with E-state index in [1.807, 2.05) is 13.0 Å². The molecular weight excluding hydrogens is 290 g/mol. The van der Waals surface area contributed by atoms with E-state index in [1.54, 1.807) is 24.3 Å². The molecule has 0 radical (unpaired) electrons. The van der Waals surface area contributed by atoms with Gasteiger partial charge in [-0.15, -0.1) is 0 Å². The molecule has 21 heavy (non-hydrogen) atoms. The summed E-state index contributed by atoms with van der Waals surface area (Å²) in [4.78, 5) is 10.8. The third-order valence-electron chi connectivity index (χ3n) is 3.07. The first-order chi connectivity index (χ1) is 9.78. The molecule has 2 aromatic carbocycles. The summed E-state index contributed by atoms with van der Waals surface area (Å²) < 4.78 is 25.2. The summed E-state index contributed by atoms with van der Waals surface area (Å²) in [6.45, 7) is 1.81. The minimum Gasteiger partial charge on any atom is -0.478 e. The van der Waals surface area contributed by atoms with Crippen LogP contribution in [0, 0.1) is 6.92 Å². The van der Waals surface area contributed by atoms with Crippen LogP contribution in [0.1, 0.15) is 15.9 Å². The number of carboxylic acid groups (broad SMARTS) is 1. The Morgan fingerprint density at radius 1 is 1.10 bits per heavy atom. The van der Waals surface area contributed by atoms with Gasteiger partial charge in [-0.2, -0.15) is 0 Å². The maximum atomic E-state index is 11.3. The molecule has 5 nitrogen and oxygen atoms in total. The normalized spacial score (nSPS) is 11.1. The molecule has 0 bridgehead atoms. The second-order valence-electron chi connectivity index (χ2n) is 4.73. The first-order valence-corrected chi connectivity index (χ1v) is 8.08. The Morgan fingerprint density at radius 2 is 1.71 bits per heavy atom. The first-order valence-electron chi connectivity index (χ1n) is 6.19. The number of aromatic carboxylic acids is 1. The molecule has 0 fully saturated rings. The fraction of sp³-hybridized carbons (Fsp3) is 0.133. The van der Waals surface area contributed by atoms with E-state index >= 15 is 0 Å². The highest BCUT2D eigenvalue weighted by molar-refractivity contribution is 7.92. The quantitative estimate of drug-likeness (QED) is 0.909. The Morgan fingerprint density at radius 3 is 2.24 bits per heavy atom. The van der Waals surface area contributed by atoms with Gasteiger partial charge in [-0.25, -0.2) is 13.2 Å². The van der Waals surface area contributed by atoms with E-state index in [9.17, 15) is 13.2 Å². The molecule has 0 atom stereocenters. The van der Waals surface area contributed by atoms with Crippen LogP contribution >= 0.6 is 0 Å². The molecule has 6 heteroatoms. The molecule has 2 N–H and O–H groups in total. The van der Waals surface area contributed by atoms with Gasteiger partial charge in [0.2, 0.25) is 10.0 Å². The van der Waals surface area contributed by atoms with E-state index in [0.717, 1.165) is 22.9 Å². The van der Waals surface area contributed by atoms with Crippen molar-refractivity contribution < 1.29 is 18.3 Å². The Balaban J connectivity index is 2.45. The molecule has 0 aliphatic carbocycles. The second kappa shape index (κ2) is 5.57. The minimum absolute atomic E-state index is 0.210. The number of rotatable bonds is 4. The lowest BCUT2D eigenvalue weighted by atomic mass is 9.98. The van der Waals surface area contributed by atoms with E-state index in [2.05, 4.69) is 4.72 Å². The predicted molar refractivity (Wildman–Crippen MR) is 82.0 cm³/mol. The van der Waals surface area contributed by atoms with Crippen LogP contribution in [0.25, 0.3) is 11.1 Å². The summed E-state index contributed by atoms with van der Waals surface area (Å²) in [5.41, 5.74) is 3.18. The number of carboxylic acids is 1. The van der Waals surface area contributed by atoms with Gasteiger partial charge in [-0.3, -0.25) is 4.72 Å². The molecule has 0 aromatic heterocycles. The summed E-state index contributed by atoms with van der Waals surface area (Å²) in [5, 5.41) is 8.90.